The molecule has 1 nitrogen and oxygen atoms in total. The molecule has 3 aromatic rings. The number of hydrogen-bond donors (Lipinski definition) is 1. The minimum atomic E-state index is 0.126. The van der Waals surface area contributed by atoms with Gasteiger partial charge in [0, 0.05) is 22.0 Å². The minimum Gasteiger partial charge on any atom is -0.380 e. The zero-order valence-corrected chi connectivity index (χ0v) is 20.3. The van der Waals surface area contributed by atoms with Gasteiger partial charge in [-0.3, -0.25) is 0 Å². The van der Waals surface area contributed by atoms with Crippen LogP contribution in [0.2, 0.25) is 0 Å². The van der Waals surface area contributed by atoms with Gasteiger partial charge >= 0.3 is 0 Å². The highest BCUT2D eigenvalue weighted by Gasteiger charge is 2.23. The van der Waals surface area contributed by atoms with Crippen molar-refractivity contribution in [3.63, 3.8) is 0 Å². The van der Waals surface area contributed by atoms with Crippen LogP contribution >= 0.6 is 11.8 Å². The first-order valence-electron chi connectivity index (χ1n) is 10.8. The summed E-state index contributed by atoms with van der Waals surface area (Å²) in [7, 11) is 0. The van der Waals surface area contributed by atoms with E-state index in [4.69, 9.17) is 0 Å². The van der Waals surface area contributed by atoms with E-state index < -0.39 is 0 Å². The van der Waals surface area contributed by atoms with Crippen LogP contribution in [-0.2, 0) is 17.4 Å². The number of anilines is 1. The van der Waals surface area contributed by atoms with E-state index in [0.29, 0.717) is 0 Å². The van der Waals surface area contributed by atoms with Crippen LogP contribution in [0.25, 0.3) is 0 Å². The number of benzene rings is 3. The highest BCUT2D eigenvalue weighted by atomic mass is 32.2. The Labute approximate surface area is 187 Å². The molecule has 0 spiro atoms. The molecule has 0 aliphatic rings. The monoisotopic (exact) mass is 417 g/mol. The summed E-state index contributed by atoms with van der Waals surface area (Å²) in [5.41, 5.74) is 7.07. The number of para-hydroxylation sites is 1. The Bertz CT molecular complexity index is 991. The molecule has 0 amide bonds. The summed E-state index contributed by atoms with van der Waals surface area (Å²) in [5, 5.41) is 3.73. The summed E-state index contributed by atoms with van der Waals surface area (Å²) in [4.78, 5) is 2.51. The van der Waals surface area contributed by atoms with Crippen molar-refractivity contribution < 1.29 is 0 Å². The van der Waals surface area contributed by atoms with Gasteiger partial charge in [0.1, 0.15) is 0 Å². The minimum absolute atomic E-state index is 0.126. The van der Waals surface area contributed by atoms with Crippen LogP contribution in [0.1, 0.15) is 63.8 Å². The van der Waals surface area contributed by atoms with E-state index in [-0.39, 0.29) is 10.8 Å². The normalized spacial score (nSPS) is 12.1. The van der Waals surface area contributed by atoms with Gasteiger partial charge in [0.05, 0.1) is 0 Å². The van der Waals surface area contributed by atoms with Crippen molar-refractivity contribution in [3.05, 3.63) is 89.0 Å². The van der Waals surface area contributed by atoms with Gasteiger partial charge in [0.15, 0.2) is 0 Å². The van der Waals surface area contributed by atoms with E-state index in [2.05, 4.69) is 121 Å². The quantitative estimate of drug-likeness (QED) is 0.447. The molecule has 0 atom stereocenters. The lowest BCUT2D eigenvalue weighted by Crippen LogP contribution is -2.19. The van der Waals surface area contributed by atoms with Crippen molar-refractivity contribution in [2.45, 2.75) is 75.6 Å². The maximum atomic E-state index is 3.73. The standard InChI is InChI=1S/C28H35NS/c1-20-21(17-22(27(2,3)4)18-24(20)28(5,6)7)19-29-25-15-11-12-16-26(25)30-23-13-9-8-10-14-23/h8-18,29H,19H2,1-7H3. The Kier molecular flexibility index (Phi) is 6.67. The first kappa shape index (κ1) is 22.5. The second-order valence-electron chi connectivity index (χ2n) is 10.1. The average Bonchev–Trinajstić information content (AvgIpc) is 2.67. The van der Waals surface area contributed by atoms with Gasteiger partial charge < -0.3 is 5.32 Å². The summed E-state index contributed by atoms with van der Waals surface area (Å²) in [6, 6.07) is 24.0. The molecular formula is C28H35NS. The molecule has 1 N–H and O–H groups in total. The predicted octanol–water partition coefficient (Wildman–Crippen LogP) is 8.35. The van der Waals surface area contributed by atoms with Gasteiger partial charge in [-0.05, 0) is 64.3 Å². The Morgan fingerprint density at radius 1 is 0.767 bits per heavy atom. The SMILES string of the molecule is Cc1c(CNc2ccccc2Sc2ccccc2)cc(C(C)(C)C)cc1C(C)(C)C. The summed E-state index contributed by atoms with van der Waals surface area (Å²) < 4.78 is 0. The Balaban J connectivity index is 1.91. The zero-order valence-electron chi connectivity index (χ0n) is 19.5. The lowest BCUT2D eigenvalue weighted by Gasteiger charge is -2.29. The molecule has 0 heterocycles. The molecule has 0 radical (unpaired) electrons. The van der Waals surface area contributed by atoms with Crippen molar-refractivity contribution in [3.8, 4) is 0 Å². The smallest absolute Gasteiger partial charge is 0.0484 e. The summed E-state index contributed by atoms with van der Waals surface area (Å²) in [6.45, 7) is 16.9. The average molecular weight is 418 g/mol. The predicted molar refractivity (Wildman–Crippen MR) is 133 cm³/mol. The molecule has 0 fully saturated rings. The second-order valence-corrected chi connectivity index (χ2v) is 11.2. The van der Waals surface area contributed by atoms with Gasteiger partial charge in [-0.15, -0.1) is 0 Å². The Hall–Kier alpha value is -2.19. The van der Waals surface area contributed by atoms with E-state index in [9.17, 15) is 0 Å². The number of hydrogen-bond acceptors (Lipinski definition) is 2. The first-order chi connectivity index (χ1) is 14.1. The van der Waals surface area contributed by atoms with Crippen molar-refractivity contribution in [2.24, 2.45) is 0 Å². The summed E-state index contributed by atoms with van der Waals surface area (Å²) in [5.74, 6) is 0. The Morgan fingerprint density at radius 2 is 1.40 bits per heavy atom. The highest BCUT2D eigenvalue weighted by molar-refractivity contribution is 7.99. The molecule has 0 saturated heterocycles. The summed E-state index contributed by atoms with van der Waals surface area (Å²) >= 11 is 1.81. The first-order valence-corrected chi connectivity index (χ1v) is 11.6. The largest absolute Gasteiger partial charge is 0.380 e. The van der Waals surface area contributed by atoms with Crippen LogP contribution in [0.4, 0.5) is 5.69 Å². The highest BCUT2D eigenvalue weighted by Crippen LogP contribution is 2.36. The van der Waals surface area contributed by atoms with E-state index in [1.807, 2.05) is 0 Å². The van der Waals surface area contributed by atoms with Crippen LogP contribution in [0.3, 0.4) is 0 Å². The molecule has 0 aromatic heterocycles. The fraction of sp³-hybridized carbons (Fsp3) is 0.357. The fourth-order valence-electron chi connectivity index (χ4n) is 3.68. The molecule has 30 heavy (non-hydrogen) atoms. The number of rotatable bonds is 5. The Morgan fingerprint density at radius 3 is 2.03 bits per heavy atom. The van der Waals surface area contributed by atoms with Gasteiger partial charge in [-0.1, -0.05) is 95.8 Å². The van der Waals surface area contributed by atoms with E-state index in [1.54, 1.807) is 11.8 Å². The van der Waals surface area contributed by atoms with Gasteiger partial charge in [-0.25, -0.2) is 0 Å². The third-order valence-corrected chi connectivity index (χ3v) is 6.60. The third kappa shape index (κ3) is 5.49. The van der Waals surface area contributed by atoms with E-state index in [0.717, 1.165) is 6.54 Å². The third-order valence-electron chi connectivity index (χ3n) is 5.52. The second kappa shape index (κ2) is 8.89. The molecule has 0 unspecified atom stereocenters. The van der Waals surface area contributed by atoms with Crippen molar-refractivity contribution >= 4 is 17.4 Å². The zero-order chi connectivity index (χ0) is 21.9. The molecule has 2 heteroatoms. The molecule has 3 aromatic carbocycles. The molecule has 0 bridgehead atoms. The fourth-order valence-corrected chi connectivity index (χ4v) is 4.62. The van der Waals surface area contributed by atoms with E-state index >= 15 is 0 Å². The van der Waals surface area contributed by atoms with Crippen molar-refractivity contribution in [1.29, 1.82) is 0 Å². The molecule has 0 aliphatic carbocycles. The molecule has 0 saturated carbocycles. The van der Waals surface area contributed by atoms with Gasteiger partial charge in [-0.2, -0.15) is 0 Å². The number of nitrogens with one attached hydrogen (secondary N) is 1. The summed E-state index contributed by atoms with van der Waals surface area (Å²) in [6.07, 6.45) is 0. The topological polar surface area (TPSA) is 12.0 Å². The van der Waals surface area contributed by atoms with Gasteiger partial charge in [0.25, 0.3) is 0 Å². The molecular weight excluding hydrogens is 382 g/mol. The van der Waals surface area contributed by atoms with Crippen molar-refractivity contribution in [1.82, 2.24) is 0 Å². The van der Waals surface area contributed by atoms with Crippen molar-refractivity contribution in [2.75, 3.05) is 5.32 Å². The van der Waals surface area contributed by atoms with Crippen LogP contribution in [0, 0.1) is 6.92 Å². The van der Waals surface area contributed by atoms with Crippen LogP contribution in [0.15, 0.2) is 76.5 Å². The molecule has 0 aliphatic heterocycles. The maximum Gasteiger partial charge on any atom is 0.0484 e. The van der Waals surface area contributed by atoms with Crippen LogP contribution in [0.5, 0.6) is 0 Å². The lowest BCUT2D eigenvalue weighted by atomic mass is 9.77. The molecule has 158 valence electrons. The maximum absolute atomic E-state index is 3.73. The van der Waals surface area contributed by atoms with E-state index in [1.165, 1.54) is 37.7 Å². The van der Waals surface area contributed by atoms with Crippen LogP contribution < -0.4 is 5.32 Å². The lowest BCUT2D eigenvalue weighted by molar-refractivity contribution is 0.564. The molecule has 3 rings (SSSR count). The van der Waals surface area contributed by atoms with Crippen LogP contribution in [-0.4, -0.2) is 0 Å². The van der Waals surface area contributed by atoms with Gasteiger partial charge in [0.2, 0.25) is 0 Å².